The Kier molecular flexibility index (Phi) is 4.29. The molecule has 1 aromatic carbocycles. The van der Waals surface area contributed by atoms with Crippen LogP contribution in [0.4, 0.5) is 0 Å². The van der Waals surface area contributed by atoms with Crippen molar-refractivity contribution in [1.82, 2.24) is 9.78 Å². The van der Waals surface area contributed by atoms with Gasteiger partial charge in [-0.1, -0.05) is 45.9 Å². The Morgan fingerprint density at radius 2 is 1.80 bits per heavy atom. The van der Waals surface area contributed by atoms with E-state index in [4.69, 9.17) is 5.73 Å². The fourth-order valence-electron chi connectivity index (χ4n) is 2.23. The smallest absolute Gasteiger partial charge is 0.0649 e. The van der Waals surface area contributed by atoms with Gasteiger partial charge in [0.1, 0.15) is 0 Å². The first kappa shape index (κ1) is 14.8. The van der Waals surface area contributed by atoms with Crippen molar-refractivity contribution in [3.8, 4) is 5.69 Å². The highest BCUT2D eigenvalue weighted by Crippen LogP contribution is 2.32. The summed E-state index contributed by atoms with van der Waals surface area (Å²) in [5.41, 5.74) is 8.83. The summed E-state index contributed by atoms with van der Waals surface area (Å²) in [4.78, 5) is 0. The molecule has 0 bridgehead atoms. The van der Waals surface area contributed by atoms with Crippen LogP contribution in [0, 0.1) is 11.3 Å². The van der Waals surface area contributed by atoms with E-state index in [2.05, 4.69) is 44.9 Å². The van der Waals surface area contributed by atoms with Crippen LogP contribution in [0.2, 0.25) is 0 Å². The van der Waals surface area contributed by atoms with Gasteiger partial charge in [-0.3, -0.25) is 0 Å². The lowest BCUT2D eigenvalue weighted by molar-refractivity contribution is 0.232. The number of nitrogens with zero attached hydrogens (tertiary/aromatic N) is 2. The first-order valence-corrected chi connectivity index (χ1v) is 7.24. The van der Waals surface area contributed by atoms with Crippen molar-refractivity contribution >= 4 is 0 Å². The molecule has 2 rings (SSSR count). The standard InChI is InChI=1S/C17H25N3/c1-13(17(2,3)4)12-15(18)16-10-11-19-20(16)14-8-6-5-7-9-14/h5-11,13,15H,12,18H2,1-4H3. The van der Waals surface area contributed by atoms with Gasteiger partial charge in [0.05, 0.1) is 11.4 Å². The molecule has 0 aliphatic rings. The summed E-state index contributed by atoms with van der Waals surface area (Å²) >= 11 is 0. The average Bonchev–Trinajstić information content (AvgIpc) is 2.87. The van der Waals surface area contributed by atoms with Gasteiger partial charge in [0, 0.05) is 12.2 Å². The monoisotopic (exact) mass is 271 g/mol. The van der Waals surface area contributed by atoms with E-state index >= 15 is 0 Å². The molecule has 0 amide bonds. The van der Waals surface area contributed by atoms with E-state index in [0.29, 0.717) is 5.92 Å². The lowest BCUT2D eigenvalue weighted by Gasteiger charge is -2.29. The Morgan fingerprint density at radius 1 is 1.15 bits per heavy atom. The van der Waals surface area contributed by atoms with Crippen LogP contribution in [0.1, 0.15) is 45.9 Å². The van der Waals surface area contributed by atoms with Crippen molar-refractivity contribution < 1.29 is 0 Å². The summed E-state index contributed by atoms with van der Waals surface area (Å²) in [5.74, 6) is 0.552. The third-order valence-corrected chi connectivity index (χ3v) is 4.14. The second-order valence-electron chi connectivity index (χ2n) is 6.61. The fraction of sp³-hybridized carbons (Fsp3) is 0.471. The minimum absolute atomic E-state index is 0.00642. The quantitative estimate of drug-likeness (QED) is 0.915. The van der Waals surface area contributed by atoms with Gasteiger partial charge >= 0.3 is 0 Å². The first-order valence-electron chi connectivity index (χ1n) is 7.24. The normalized spacial score (nSPS) is 15.1. The molecule has 2 atom stereocenters. The molecule has 2 aromatic rings. The Hall–Kier alpha value is -1.61. The van der Waals surface area contributed by atoms with Crippen molar-refractivity contribution in [2.75, 3.05) is 0 Å². The second-order valence-corrected chi connectivity index (χ2v) is 6.61. The van der Waals surface area contributed by atoms with Gasteiger partial charge in [-0.2, -0.15) is 5.10 Å². The van der Waals surface area contributed by atoms with Crippen LogP contribution in [0.5, 0.6) is 0 Å². The van der Waals surface area contributed by atoms with Gasteiger partial charge in [-0.15, -0.1) is 0 Å². The van der Waals surface area contributed by atoms with E-state index < -0.39 is 0 Å². The molecule has 1 heterocycles. The van der Waals surface area contributed by atoms with E-state index in [1.807, 2.05) is 35.1 Å². The number of nitrogens with two attached hydrogens (primary N) is 1. The Balaban J connectivity index is 2.20. The van der Waals surface area contributed by atoms with Crippen molar-refractivity contribution in [2.24, 2.45) is 17.1 Å². The third kappa shape index (κ3) is 3.28. The van der Waals surface area contributed by atoms with Crippen molar-refractivity contribution in [3.63, 3.8) is 0 Å². The van der Waals surface area contributed by atoms with Crippen molar-refractivity contribution in [2.45, 2.75) is 40.2 Å². The Morgan fingerprint density at radius 3 is 2.40 bits per heavy atom. The number of aromatic nitrogens is 2. The maximum Gasteiger partial charge on any atom is 0.0649 e. The maximum absolute atomic E-state index is 6.41. The molecule has 20 heavy (non-hydrogen) atoms. The number of rotatable bonds is 4. The summed E-state index contributed by atoms with van der Waals surface area (Å²) in [6.07, 6.45) is 2.78. The predicted molar refractivity (Wildman–Crippen MR) is 83.7 cm³/mol. The summed E-state index contributed by atoms with van der Waals surface area (Å²) in [7, 11) is 0. The molecule has 1 aromatic heterocycles. The predicted octanol–water partition coefficient (Wildman–Crippen LogP) is 3.94. The Labute approximate surface area is 121 Å². The summed E-state index contributed by atoms with van der Waals surface area (Å²) in [6.45, 7) is 9.06. The van der Waals surface area contributed by atoms with Crippen LogP contribution in [-0.2, 0) is 0 Å². The summed E-state index contributed by atoms with van der Waals surface area (Å²) < 4.78 is 1.94. The van der Waals surface area contributed by atoms with E-state index in [1.54, 1.807) is 0 Å². The van der Waals surface area contributed by atoms with Crippen LogP contribution in [0.15, 0.2) is 42.6 Å². The van der Waals surface area contributed by atoms with E-state index in [1.165, 1.54) is 0 Å². The molecular formula is C17H25N3. The minimum atomic E-state index is 0.00642. The summed E-state index contributed by atoms with van der Waals surface area (Å²) in [6, 6.07) is 12.2. The van der Waals surface area contributed by atoms with E-state index in [9.17, 15) is 0 Å². The van der Waals surface area contributed by atoms with Crippen molar-refractivity contribution in [1.29, 1.82) is 0 Å². The number of benzene rings is 1. The molecule has 0 spiro atoms. The highest BCUT2D eigenvalue weighted by atomic mass is 15.3. The Bertz CT molecular complexity index is 537. The zero-order valence-corrected chi connectivity index (χ0v) is 12.9. The first-order chi connectivity index (χ1) is 9.39. The fourth-order valence-corrected chi connectivity index (χ4v) is 2.23. The minimum Gasteiger partial charge on any atom is -0.323 e. The van der Waals surface area contributed by atoms with Gasteiger partial charge in [-0.05, 0) is 36.0 Å². The van der Waals surface area contributed by atoms with Crippen LogP contribution in [-0.4, -0.2) is 9.78 Å². The van der Waals surface area contributed by atoms with Crippen LogP contribution in [0.25, 0.3) is 5.69 Å². The lowest BCUT2D eigenvalue weighted by atomic mass is 9.78. The molecule has 0 saturated carbocycles. The molecule has 2 unspecified atom stereocenters. The number of para-hydroxylation sites is 1. The molecule has 0 radical (unpaired) electrons. The zero-order valence-electron chi connectivity index (χ0n) is 12.9. The third-order valence-electron chi connectivity index (χ3n) is 4.14. The SMILES string of the molecule is CC(CC(N)c1ccnn1-c1ccccc1)C(C)(C)C. The molecular weight excluding hydrogens is 246 g/mol. The van der Waals surface area contributed by atoms with Gasteiger partial charge < -0.3 is 5.73 Å². The highest BCUT2D eigenvalue weighted by Gasteiger charge is 2.24. The largest absolute Gasteiger partial charge is 0.323 e. The van der Waals surface area contributed by atoms with E-state index in [0.717, 1.165) is 17.8 Å². The second kappa shape index (κ2) is 5.80. The van der Waals surface area contributed by atoms with E-state index in [-0.39, 0.29) is 11.5 Å². The lowest BCUT2D eigenvalue weighted by Crippen LogP contribution is -2.24. The molecule has 0 saturated heterocycles. The van der Waals surface area contributed by atoms with Gasteiger partial charge in [0.2, 0.25) is 0 Å². The molecule has 0 aliphatic heterocycles. The van der Waals surface area contributed by atoms with Crippen LogP contribution >= 0.6 is 0 Å². The average molecular weight is 271 g/mol. The molecule has 3 nitrogen and oxygen atoms in total. The molecule has 3 heteroatoms. The van der Waals surface area contributed by atoms with Gasteiger partial charge in [0.15, 0.2) is 0 Å². The number of hydrogen-bond acceptors (Lipinski definition) is 2. The topological polar surface area (TPSA) is 43.8 Å². The highest BCUT2D eigenvalue weighted by molar-refractivity contribution is 5.33. The van der Waals surface area contributed by atoms with Crippen molar-refractivity contribution in [3.05, 3.63) is 48.3 Å². The molecule has 0 fully saturated rings. The molecule has 0 aliphatic carbocycles. The van der Waals surface area contributed by atoms with Gasteiger partial charge in [-0.25, -0.2) is 4.68 Å². The molecule has 2 N–H and O–H groups in total. The summed E-state index contributed by atoms with van der Waals surface area (Å²) in [5, 5.41) is 4.41. The number of hydrogen-bond donors (Lipinski definition) is 1. The zero-order chi connectivity index (χ0) is 14.8. The van der Waals surface area contributed by atoms with Gasteiger partial charge in [0.25, 0.3) is 0 Å². The van der Waals surface area contributed by atoms with Crippen LogP contribution < -0.4 is 5.73 Å². The maximum atomic E-state index is 6.41. The molecule has 108 valence electrons. The van der Waals surface area contributed by atoms with Crippen LogP contribution in [0.3, 0.4) is 0 Å².